The zero-order valence-electron chi connectivity index (χ0n) is 13.6. The highest BCUT2D eigenvalue weighted by molar-refractivity contribution is 9.10. The van der Waals surface area contributed by atoms with Crippen molar-refractivity contribution in [2.75, 3.05) is 7.11 Å². The predicted octanol–water partition coefficient (Wildman–Crippen LogP) is 4.01. The summed E-state index contributed by atoms with van der Waals surface area (Å²) in [4.78, 5) is 23.9. The molecule has 0 amide bonds. The van der Waals surface area contributed by atoms with E-state index in [4.69, 9.17) is 9.47 Å². The summed E-state index contributed by atoms with van der Waals surface area (Å²) in [6.45, 7) is 1.59. The average Bonchev–Trinajstić information content (AvgIpc) is 2.91. The standard InChI is InChI=1S/C19H15BrO5/c1-11(19(22)23-2)24-13-7-8-14-16(10-13)25-17(18(14)21)9-12-5-3-4-6-15(12)20/h3-11H,1-2H3/b17-9+/t11-/m0/s1. The highest BCUT2D eigenvalue weighted by atomic mass is 79.9. The van der Waals surface area contributed by atoms with Crippen LogP contribution in [0.3, 0.4) is 0 Å². The predicted molar refractivity (Wildman–Crippen MR) is 95.6 cm³/mol. The van der Waals surface area contributed by atoms with Gasteiger partial charge < -0.3 is 14.2 Å². The number of Topliss-reactive ketones (excluding diaryl/α,β-unsaturated/α-hetero) is 1. The summed E-state index contributed by atoms with van der Waals surface area (Å²) in [5.74, 6) is 0.384. The fourth-order valence-corrected chi connectivity index (χ4v) is 2.79. The number of halogens is 1. The van der Waals surface area contributed by atoms with Crippen LogP contribution in [-0.4, -0.2) is 25.0 Å². The van der Waals surface area contributed by atoms with Crippen molar-refractivity contribution < 1.29 is 23.8 Å². The van der Waals surface area contributed by atoms with Crippen LogP contribution in [0.2, 0.25) is 0 Å². The van der Waals surface area contributed by atoms with Crippen LogP contribution >= 0.6 is 15.9 Å². The summed E-state index contributed by atoms with van der Waals surface area (Å²) in [5.41, 5.74) is 1.30. The van der Waals surface area contributed by atoms with Crippen molar-refractivity contribution in [1.82, 2.24) is 0 Å². The van der Waals surface area contributed by atoms with Crippen molar-refractivity contribution in [3.8, 4) is 11.5 Å². The summed E-state index contributed by atoms with van der Waals surface area (Å²) in [6.07, 6.45) is 0.930. The molecule has 1 aliphatic rings. The van der Waals surface area contributed by atoms with E-state index in [1.807, 2.05) is 24.3 Å². The molecule has 0 aromatic heterocycles. The zero-order chi connectivity index (χ0) is 18.0. The SMILES string of the molecule is COC(=O)[C@H](C)Oc1ccc2c(c1)O/C(=C/c1ccccc1Br)C2=O. The Bertz CT molecular complexity index is 872. The molecule has 5 nitrogen and oxygen atoms in total. The number of hydrogen-bond donors (Lipinski definition) is 0. The molecule has 0 bridgehead atoms. The van der Waals surface area contributed by atoms with Gasteiger partial charge in [0.05, 0.1) is 12.7 Å². The Kier molecular flexibility index (Phi) is 4.90. The lowest BCUT2D eigenvalue weighted by Crippen LogP contribution is -2.24. The van der Waals surface area contributed by atoms with Crippen LogP contribution in [0, 0.1) is 0 Å². The van der Waals surface area contributed by atoms with Crippen molar-refractivity contribution in [2.24, 2.45) is 0 Å². The zero-order valence-corrected chi connectivity index (χ0v) is 15.2. The third kappa shape index (κ3) is 3.58. The van der Waals surface area contributed by atoms with Crippen LogP contribution in [-0.2, 0) is 9.53 Å². The third-order valence-corrected chi connectivity index (χ3v) is 4.40. The Morgan fingerprint density at radius 1 is 1.24 bits per heavy atom. The fourth-order valence-electron chi connectivity index (χ4n) is 2.39. The van der Waals surface area contributed by atoms with Gasteiger partial charge in [0, 0.05) is 10.5 Å². The molecule has 2 aromatic carbocycles. The maximum atomic E-state index is 12.5. The number of methoxy groups -OCH3 is 1. The molecule has 6 heteroatoms. The first-order valence-electron chi connectivity index (χ1n) is 7.57. The van der Waals surface area contributed by atoms with Crippen LogP contribution < -0.4 is 9.47 Å². The molecule has 0 spiro atoms. The molecule has 1 aliphatic heterocycles. The van der Waals surface area contributed by atoms with Gasteiger partial charge >= 0.3 is 5.97 Å². The van der Waals surface area contributed by atoms with Gasteiger partial charge in [0.1, 0.15) is 11.5 Å². The van der Waals surface area contributed by atoms with E-state index in [0.29, 0.717) is 17.1 Å². The normalized spacial score (nSPS) is 15.5. The minimum Gasteiger partial charge on any atom is -0.479 e. The summed E-state index contributed by atoms with van der Waals surface area (Å²) in [6, 6.07) is 12.4. The molecule has 0 fully saturated rings. The number of esters is 1. The van der Waals surface area contributed by atoms with E-state index in [-0.39, 0.29) is 11.5 Å². The number of carbonyl (C=O) groups is 2. The lowest BCUT2D eigenvalue weighted by Gasteiger charge is -2.12. The van der Waals surface area contributed by atoms with E-state index in [2.05, 4.69) is 20.7 Å². The summed E-state index contributed by atoms with van der Waals surface area (Å²) in [5, 5.41) is 0. The van der Waals surface area contributed by atoms with E-state index >= 15 is 0 Å². The molecule has 2 aromatic rings. The number of ether oxygens (including phenoxy) is 3. The van der Waals surface area contributed by atoms with Crippen LogP contribution in [0.4, 0.5) is 0 Å². The lowest BCUT2D eigenvalue weighted by atomic mass is 10.1. The lowest BCUT2D eigenvalue weighted by molar-refractivity contribution is -0.147. The van der Waals surface area contributed by atoms with Crippen LogP contribution in [0.15, 0.2) is 52.7 Å². The number of fused-ring (bicyclic) bond motifs is 1. The minimum absolute atomic E-state index is 0.196. The van der Waals surface area contributed by atoms with E-state index < -0.39 is 12.1 Å². The number of carbonyl (C=O) groups excluding carboxylic acids is 2. The van der Waals surface area contributed by atoms with Crippen molar-refractivity contribution >= 4 is 33.8 Å². The van der Waals surface area contributed by atoms with Gasteiger partial charge in [-0.05, 0) is 36.8 Å². The van der Waals surface area contributed by atoms with Crippen LogP contribution in [0.1, 0.15) is 22.8 Å². The molecule has 3 rings (SSSR count). The van der Waals surface area contributed by atoms with Gasteiger partial charge in [-0.2, -0.15) is 0 Å². The van der Waals surface area contributed by atoms with Crippen LogP contribution in [0.25, 0.3) is 6.08 Å². The topological polar surface area (TPSA) is 61.8 Å². The third-order valence-electron chi connectivity index (χ3n) is 3.68. The average molecular weight is 403 g/mol. The van der Waals surface area contributed by atoms with Gasteiger partial charge in [-0.3, -0.25) is 4.79 Å². The second kappa shape index (κ2) is 7.11. The smallest absolute Gasteiger partial charge is 0.346 e. The Morgan fingerprint density at radius 2 is 2.00 bits per heavy atom. The Hall–Kier alpha value is -2.60. The molecule has 0 saturated carbocycles. The summed E-state index contributed by atoms with van der Waals surface area (Å²) in [7, 11) is 1.30. The quantitative estimate of drug-likeness (QED) is 0.571. The molecule has 1 atom stereocenters. The monoisotopic (exact) mass is 402 g/mol. The van der Waals surface area contributed by atoms with Gasteiger partial charge in [-0.25, -0.2) is 4.79 Å². The van der Waals surface area contributed by atoms with Gasteiger partial charge in [0.2, 0.25) is 5.78 Å². The van der Waals surface area contributed by atoms with E-state index in [9.17, 15) is 9.59 Å². The van der Waals surface area contributed by atoms with E-state index in [0.717, 1.165) is 10.0 Å². The number of allylic oxidation sites excluding steroid dienone is 1. The van der Waals surface area contributed by atoms with Gasteiger partial charge in [-0.15, -0.1) is 0 Å². The molecular formula is C19H15BrO5. The number of ketones is 1. The number of benzene rings is 2. The Balaban J connectivity index is 1.84. The highest BCUT2D eigenvalue weighted by Gasteiger charge is 2.28. The van der Waals surface area contributed by atoms with E-state index in [1.54, 1.807) is 31.2 Å². The molecule has 0 unspecified atom stereocenters. The Morgan fingerprint density at radius 3 is 2.72 bits per heavy atom. The van der Waals surface area contributed by atoms with Gasteiger partial charge in [0.15, 0.2) is 11.9 Å². The molecule has 0 N–H and O–H groups in total. The van der Waals surface area contributed by atoms with Crippen molar-refractivity contribution in [2.45, 2.75) is 13.0 Å². The first-order valence-corrected chi connectivity index (χ1v) is 8.36. The Labute approximate surface area is 153 Å². The maximum Gasteiger partial charge on any atom is 0.346 e. The summed E-state index contributed by atoms with van der Waals surface area (Å²) >= 11 is 3.44. The van der Waals surface area contributed by atoms with Gasteiger partial charge in [-0.1, -0.05) is 34.1 Å². The molecule has 0 saturated heterocycles. The van der Waals surface area contributed by atoms with Crippen molar-refractivity contribution in [1.29, 1.82) is 0 Å². The van der Waals surface area contributed by atoms with E-state index in [1.165, 1.54) is 7.11 Å². The maximum absolute atomic E-state index is 12.5. The highest BCUT2D eigenvalue weighted by Crippen LogP contribution is 2.35. The minimum atomic E-state index is -0.754. The number of hydrogen-bond acceptors (Lipinski definition) is 5. The molecule has 128 valence electrons. The molecule has 0 radical (unpaired) electrons. The molecule has 0 aliphatic carbocycles. The largest absolute Gasteiger partial charge is 0.479 e. The van der Waals surface area contributed by atoms with Crippen molar-refractivity contribution in [3.63, 3.8) is 0 Å². The van der Waals surface area contributed by atoms with Crippen molar-refractivity contribution in [3.05, 3.63) is 63.8 Å². The van der Waals surface area contributed by atoms with Crippen LogP contribution in [0.5, 0.6) is 11.5 Å². The molecular weight excluding hydrogens is 388 g/mol. The fraction of sp³-hybridized carbons (Fsp3) is 0.158. The molecule has 25 heavy (non-hydrogen) atoms. The van der Waals surface area contributed by atoms with Gasteiger partial charge in [0.25, 0.3) is 0 Å². The summed E-state index contributed by atoms with van der Waals surface area (Å²) < 4.78 is 16.7. The number of rotatable bonds is 4. The first-order chi connectivity index (χ1) is 12.0. The molecule has 1 heterocycles. The second-order valence-corrected chi connectivity index (χ2v) is 6.26. The first kappa shape index (κ1) is 17.2. The second-order valence-electron chi connectivity index (χ2n) is 5.40.